The Hall–Kier alpha value is -2.16. The molecular formula is C25H30O2. The predicted molar refractivity (Wildman–Crippen MR) is 111 cm³/mol. The maximum atomic E-state index is 8.23. The van der Waals surface area contributed by atoms with E-state index in [0.29, 0.717) is 38.4 Å². The van der Waals surface area contributed by atoms with Gasteiger partial charge in [-0.05, 0) is 29.9 Å². The fourth-order valence-electron chi connectivity index (χ4n) is 3.93. The van der Waals surface area contributed by atoms with Gasteiger partial charge in [0.2, 0.25) is 0 Å². The van der Waals surface area contributed by atoms with E-state index in [1.807, 2.05) is 36.4 Å². The third kappa shape index (κ3) is 5.66. The molecule has 1 saturated carbocycles. The highest BCUT2D eigenvalue weighted by Crippen LogP contribution is 2.46. The van der Waals surface area contributed by atoms with E-state index in [0.717, 1.165) is 12.8 Å². The first-order chi connectivity index (χ1) is 13.6. The molecule has 0 saturated heterocycles. The Bertz CT molecular complexity index is 737. The lowest BCUT2D eigenvalue weighted by Gasteiger charge is -2.29. The molecular weight excluding hydrogens is 332 g/mol. The van der Waals surface area contributed by atoms with Gasteiger partial charge < -0.3 is 9.47 Å². The minimum absolute atomic E-state index is 0.0897. The van der Waals surface area contributed by atoms with Crippen LogP contribution in [0.15, 0.2) is 84.9 Å². The Morgan fingerprint density at radius 2 is 1.52 bits per heavy atom. The molecule has 3 rings (SSSR count). The number of rotatable bonds is 9. The summed E-state index contributed by atoms with van der Waals surface area (Å²) in [5, 5.41) is 0. The summed E-state index contributed by atoms with van der Waals surface area (Å²) in [6, 6.07) is 21.1. The SMILES string of the molecule is [2H]/C(C=C)=C1/CC(COCc2ccccc2)(COCc2ccccc2)CC1C. The minimum atomic E-state index is -0.0897. The zero-order valence-electron chi connectivity index (χ0n) is 17.2. The zero-order valence-corrected chi connectivity index (χ0v) is 16.2. The summed E-state index contributed by atoms with van der Waals surface area (Å²) < 4.78 is 20.5. The van der Waals surface area contributed by atoms with Gasteiger partial charge >= 0.3 is 0 Å². The van der Waals surface area contributed by atoms with Crippen LogP contribution in [0.2, 0.25) is 0 Å². The Morgan fingerprint density at radius 1 is 1.00 bits per heavy atom. The van der Waals surface area contributed by atoms with Gasteiger partial charge in [-0.25, -0.2) is 0 Å². The Kier molecular flexibility index (Phi) is 6.53. The predicted octanol–water partition coefficient (Wildman–Crippen LogP) is 5.95. The third-order valence-corrected chi connectivity index (χ3v) is 5.23. The van der Waals surface area contributed by atoms with Crippen LogP contribution in [0.5, 0.6) is 0 Å². The second kappa shape index (κ2) is 9.68. The molecule has 1 unspecified atom stereocenters. The van der Waals surface area contributed by atoms with E-state index in [1.165, 1.54) is 16.7 Å². The lowest BCUT2D eigenvalue weighted by Crippen LogP contribution is -2.30. The highest BCUT2D eigenvalue weighted by Gasteiger charge is 2.40. The van der Waals surface area contributed by atoms with Gasteiger partial charge in [0.25, 0.3) is 0 Å². The third-order valence-electron chi connectivity index (χ3n) is 5.23. The van der Waals surface area contributed by atoms with Crippen molar-refractivity contribution in [3.8, 4) is 0 Å². The second-order valence-corrected chi connectivity index (χ2v) is 7.61. The molecule has 2 nitrogen and oxygen atoms in total. The fourth-order valence-corrected chi connectivity index (χ4v) is 3.93. The molecule has 2 heteroatoms. The van der Waals surface area contributed by atoms with Gasteiger partial charge in [-0.2, -0.15) is 0 Å². The average Bonchev–Trinajstić information content (AvgIpc) is 3.05. The van der Waals surface area contributed by atoms with Gasteiger partial charge in [0, 0.05) is 5.41 Å². The lowest BCUT2D eigenvalue weighted by atomic mass is 9.87. The summed E-state index contributed by atoms with van der Waals surface area (Å²) in [5.41, 5.74) is 3.43. The van der Waals surface area contributed by atoms with Crippen molar-refractivity contribution in [3.05, 3.63) is 96.1 Å². The molecule has 0 radical (unpaired) electrons. The quantitative estimate of drug-likeness (QED) is 0.548. The minimum Gasteiger partial charge on any atom is -0.376 e. The van der Waals surface area contributed by atoms with Gasteiger partial charge in [-0.15, -0.1) is 0 Å². The van der Waals surface area contributed by atoms with E-state index in [9.17, 15) is 0 Å². The van der Waals surface area contributed by atoms with Gasteiger partial charge in [-0.1, -0.05) is 91.9 Å². The summed E-state index contributed by atoms with van der Waals surface area (Å²) in [7, 11) is 0. The van der Waals surface area contributed by atoms with Crippen LogP contribution in [0.25, 0.3) is 0 Å². The molecule has 27 heavy (non-hydrogen) atoms. The molecule has 0 heterocycles. The van der Waals surface area contributed by atoms with Crippen LogP contribution in [-0.4, -0.2) is 13.2 Å². The fraction of sp³-hybridized carbons (Fsp3) is 0.360. The van der Waals surface area contributed by atoms with Crippen molar-refractivity contribution < 1.29 is 10.8 Å². The number of allylic oxidation sites excluding steroid dienone is 3. The summed E-state index contributed by atoms with van der Waals surface area (Å²) in [6.07, 6.45) is 3.46. The molecule has 1 aliphatic carbocycles. The Balaban J connectivity index is 1.66. The molecule has 2 aromatic carbocycles. The number of hydrogen-bond donors (Lipinski definition) is 0. The number of hydrogen-bond acceptors (Lipinski definition) is 2. The van der Waals surface area contributed by atoms with Crippen LogP contribution < -0.4 is 0 Å². The van der Waals surface area contributed by atoms with E-state index in [1.54, 1.807) is 6.08 Å². The summed E-state index contributed by atoms with van der Waals surface area (Å²) >= 11 is 0. The molecule has 0 spiro atoms. The highest BCUT2D eigenvalue weighted by atomic mass is 16.5. The van der Waals surface area contributed by atoms with Crippen LogP contribution in [0.1, 0.15) is 32.3 Å². The van der Waals surface area contributed by atoms with Crippen molar-refractivity contribution in [2.24, 2.45) is 11.3 Å². The van der Waals surface area contributed by atoms with Crippen molar-refractivity contribution in [3.63, 3.8) is 0 Å². The normalized spacial score (nSPS) is 20.9. The second-order valence-electron chi connectivity index (χ2n) is 7.61. The monoisotopic (exact) mass is 363 g/mol. The first-order valence-electron chi connectivity index (χ1n) is 10.2. The maximum absolute atomic E-state index is 8.23. The van der Waals surface area contributed by atoms with Gasteiger partial charge in [0.05, 0.1) is 27.8 Å². The van der Waals surface area contributed by atoms with E-state index >= 15 is 0 Å². The molecule has 142 valence electrons. The standard InChI is InChI=1S/C25H30O2/c1-3-10-24-16-25(15-21(24)2,19-26-17-22-11-6-4-7-12-22)20-27-18-23-13-8-5-9-14-23/h3-14,21H,1,15-20H2,2H3/b24-10+/i10D. The van der Waals surface area contributed by atoms with Crippen molar-refractivity contribution in [1.29, 1.82) is 0 Å². The molecule has 0 aliphatic heterocycles. The van der Waals surface area contributed by atoms with Gasteiger partial charge in [-0.3, -0.25) is 0 Å². The Labute approximate surface area is 164 Å². The molecule has 1 atom stereocenters. The van der Waals surface area contributed by atoms with Crippen LogP contribution >= 0.6 is 0 Å². The van der Waals surface area contributed by atoms with Crippen molar-refractivity contribution in [2.45, 2.75) is 33.0 Å². The van der Waals surface area contributed by atoms with Crippen molar-refractivity contribution in [1.82, 2.24) is 0 Å². The van der Waals surface area contributed by atoms with Gasteiger partial charge in [0.1, 0.15) is 0 Å². The zero-order chi connectivity index (χ0) is 19.8. The molecule has 2 aromatic rings. The van der Waals surface area contributed by atoms with Crippen LogP contribution in [0, 0.1) is 11.3 Å². The number of benzene rings is 2. The summed E-state index contributed by atoms with van der Waals surface area (Å²) in [4.78, 5) is 0. The number of ether oxygens (including phenoxy) is 2. The van der Waals surface area contributed by atoms with Crippen LogP contribution in [0.3, 0.4) is 0 Å². The topological polar surface area (TPSA) is 18.5 Å². The first-order valence-corrected chi connectivity index (χ1v) is 9.67. The smallest absolute Gasteiger partial charge is 0.0717 e. The molecule has 1 aliphatic rings. The van der Waals surface area contributed by atoms with Crippen LogP contribution in [0.4, 0.5) is 0 Å². The molecule has 1 fully saturated rings. The summed E-state index contributed by atoms with van der Waals surface area (Å²) in [5.74, 6) is 0.353. The Morgan fingerprint density at radius 3 is 2.00 bits per heavy atom. The molecule has 0 amide bonds. The molecule has 0 N–H and O–H groups in total. The highest BCUT2D eigenvalue weighted by molar-refractivity contribution is 5.21. The van der Waals surface area contributed by atoms with E-state index in [-0.39, 0.29) is 5.41 Å². The maximum Gasteiger partial charge on any atom is 0.0717 e. The van der Waals surface area contributed by atoms with Gasteiger partial charge in [0.15, 0.2) is 0 Å². The van der Waals surface area contributed by atoms with Crippen LogP contribution in [-0.2, 0) is 22.7 Å². The molecule has 0 aromatic heterocycles. The van der Waals surface area contributed by atoms with E-state index in [4.69, 9.17) is 10.8 Å². The first kappa shape index (κ1) is 18.2. The lowest BCUT2D eigenvalue weighted by molar-refractivity contribution is -0.0304. The van der Waals surface area contributed by atoms with E-state index < -0.39 is 0 Å². The average molecular weight is 364 g/mol. The van der Waals surface area contributed by atoms with E-state index in [2.05, 4.69) is 37.8 Å². The largest absolute Gasteiger partial charge is 0.376 e. The van der Waals surface area contributed by atoms with Crippen molar-refractivity contribution >= 4 is 0 Å². The molecule has 0 bridgehead atoms. The summed E-state index contributed by atoms with van der Waals surface area (Å²) in [6.45, 7) is 8.45. The van der Waals surface area contributed by atoms with Crippen molar-refractivity contribution in [2.75, 3.05) is 13.2 Å².